The lowest BCUT2D eigenvalue weighted by atomic mass is 10.1. The van der Waals surface area contributed by atoms with E-state index in [2.05, 4.69) is 17.1 Å². The monoisotopic (exact) mass is 511 g/mol. The SMILES string of the molecule is COC(C)COc1ccc2ccc(-c3nnc4ccc(C(N5CCC6(C)CC56)C(F)(F)F)cn34)nc2c1. The lowest BCUT2D eigenvalue weighted by Crippen LogP contribution is -2.38. The van der Waals surface area contributed by atoms with E-state index in [0.717, 1.165) is 18.2 Å². The van der Waals surface area contributed by atoms with Crippen LogP contribution in [0.1, 0.15) is 38.3 Å². The first kappa shape index (κ1) is 24.1. The summed E-state index contributed by atoms with van der Waals surface area (Å²) in [5.74, 6) is 1.04. The Bertz CT molecular complexity index is 1470. The predicted octanol–water partition coefficient (Wildman–Crippen LogP) is 5.45. The summed E-state index contributed by atoms with van der Waals surface area (Å²) < 4.78 is 55.7. The van der Waals surface area contributed by atoms with Crippen LogP contribution >= 0.6 is 0 Å². The maximum absolute atomic E-state index is 14.4. The molecule has 3 aromatic heterocycles. The molecule has 7 nitrogen and oxygen atoms in total. The van der Waals surface area contributed by atoms with Crippen molar-refractivity contribution >= 4 is 16.6 Å². The lowest BCUT2D eigenvalue weighted by Gasteiger charge is -2.31. The fourth-order valence-electron chi connectivity index (χ4n) is 5.42. The first-order valence-corrected chi connectivity index (χ1v) is 12.4. The number of ether oxygens (including phenoxy) is 2. The van der Waals surface area contributed by atoms with E-state index in [4.69, 9.17) is 14.5 Å². The molecule has 1 aliphatic heterocycles. The van der Waals surface area contributed by atoms with Gasteiger partial charge in [0, 0.05) is 30.8 Å². The van der Waals surface area contributed by atoms with Gasteiger partial charge in [-0.3, -0.25) is 9.30 Å². The van der Waals surface area contributed by atoms with Gasteiger partial charge in [0.05, 0.1) is 11.6 Å². The number of rotatable bonds is 7. The van der Waals surface area contributed by atoms with Gasteiger partial charge < -0.3 is 9.47 Å². The molecule has 1 saturated carbocycles. The van der Waals surface area contributed by atoms with Crippen LogP contribution in [0.5, 0.6) is 5.75 Å². The van der Waals surface area contributed by atoms with Gasteiger partial charge in [-0.15, -0.1) is 10.2 Å². The van der Waals surface area contributed by atoms with E-state index in [0.29, 0.717) is 41.6 Å². The van der Waals surface area contributed by atoms with Gasteiger partial charge in [-0.05, 0) is 61.6 Å². The molecule has 1 aliphatic carbocycles. The van der Waals surface area contributed by atoms with Gasteiger partial charge in [-0.25, -0.2) is 4.98 Å². The van der Waals surface area contributed by atoms with Gasteiger partial charge in [0.1, 0.15) is 24.1 Å². The number of benzene rings is 1. The Morgan fingerprint density at radius 2 is 1.95 bits per heavy atom. The molecule has 1 saturated heterocycles. The first-order valence-electron chi connectivity index (χ1n) is 12.4. The largest absolute Gasteiger partial charge is 0.491 e. The standard InChI is InChI=1S/C27H28F3N5O2/c1-16(36-3)15-37-19-7-4-17-5-8-20(31-21(17)12-19)25-33-32-23-9-6-18(14-35(23)25)24(27(28,29)30)34-11-10-26(2)13-22(26)34/h4-9,12,14,16,22,24H,10-11,13,15H2,1-3H3. The van der Waals surface area contributed by atoms with Crippen LogP contribution in [0.25, 0.3) is 28.1 Å². The summed E-state index contributed by atoms with van der Waals surface area (Å²) in [5, 5.41) is 9.36. The topological polar surface area (TPSA) is 64.8 Å². The van der Waals surface area contributed by atoms with Crippen LogP contribution in [-0.2, 0) is 4.74 Å². The molecule has 0 N–H and O–H groups in total. The number of hydrogen-bond donors (Lipinski definition) is 0. The van der Waals surface area contributed by atoms with Crippen molar-refractivity contribution in [3.8, 4) is 17.3 Å². The van der Waals surface area contributed by atoms with Crippen LogP contribution in [0.4, 0.5) is 13.2 Å². The van der Waals surface area contributed by atoms with Crippen LogP contribution in [0.2, 0.25) is 0 Å². The Morgan fingerprint density at radius 1 is 1.14 bits per heavy atom. The highest BCUT2D eigenvalue weighted by Gasteiger charge is 2.62. The first-order chi connectivity index (χ1) is 17.7. The van der Waals surface area contributed by atoms with Crippen molar-refractivity contribution in [2.24, 2.45) is 5.41 Å². The molecular weight excluding hydrogens is 483 g/mol. The molecule has 4 unspecified atom stereocenters. The Hall–Kier alpha value is -3.24. The fraction of sp³-hybridized carbons (Fsp3) is 0.444. The second-order valence-electron chi connectivity index (χ2n) is 10.4. The van der Waals surface area contributed by atoms with Crippen LogP contribution < -0.4 is 4.74 Å². The Morgan fingerprint density at radius 3 is 2.65 bits per heavy atom. The maximum Gasteiger partial charge on any atom is 0.408 e. The highest BCUT2D eigenvalue weighted by molar-refractivity contribution is 5.82. The smallest absolute Gasteiger partial charge is 0.408 e. The third-order valence-electron chi connectivity index (χ3n) is 7.81. The van der Waals surface area contributed by atoms with Gasteiger partial charge in [-0.2, -0.15) is 13.2 Å². The van der Waals surface area contributed by atoms with Crippen LogP contribution in [0.15, 0.2) is 48.7 Å². The third-order valence-corrected chi connectivity index (χ3v) is 7.81. The Balaban J connectivity index is 1.36. The average Bonchev–Trinajstić information content (AvgIpc) is 3.20. The van der Waals surface area contributed by atoms with Gasteiger partial charge in [0.2, 0.25) is 0 Å². The molecule has 194 valence electrons. The highest BCUT2D eigenvalue weighted by atomic mass is 19.4. The number of halogens is 3. The highest BCUT2D eigenvalue weighted by Crippen LogP contribution is 2.60. The van der Waals surface area contributed by atoms with Crippen molar-refractivity contribution in [2.75, 3.05) is 20.3 Å². The van der Waals surface area contributed by atoms with Gasteiger partial charge in [0.15, 0.2) is 11.5 Å². The molecule has 4 atom stereocenters. The van der Waals surface area contributed by atoms with E-state index >= 15 is 0 Å². The summed E-state index contributed by atoms with van der Waals surface area (Å²) >= 11 is 0. The van der Waals surface area contributed by atoms with E-state index in [1.165, 1.54) is 12.3 Å². The number of likely N-dealkylation sites (tertiary alicyclic amines) is 1. The van der Waals surface area contributed by atoms with E-state index in [-0.39, 0.29) is 23.1 Å². The summed E-state index contributed by atoms with van der Waals surface area (Å²) in [6, 6.07) is 10.7. The molecular formula is C27H28F3N5O2. The van der Waals surface area contributed by atoms with Crippen LogP contribution in [0, 0.1) is 5.41 Å². The van der Waals surface area contributed by atoms with E-state index in [1.807, 2.05) is 31.2 Å². The molecule has 0 amide bonds. The zero-order valence-electron chi connectivity index (χ0n) is 20.9. The van der Waals surface area contributed by atoms with Crippen LogP contribution in [-0.4, -0.2) is 63.1 Å². The Labute approximate surface area is 212 Å². The number of fused-ring (bicyclic) bond motifs is 3. The quantitative estimate of drug-likeness (QED) is 0.329. The molecule has 10 heteroatoms. The normalized spacial score (nSPS) is 23.4. The molecule has 37 heavy (non-hydrogen) atoms. The molecule has 0 spiro atoms. The van der Waals surface area contributed by atoms with E-state index in [1.54, 1.807) is 28.5 Å². The van der Waals surface area contributed by atoms with Crippen molar-refractivity contribution in [3.05, 3.63) is 54.2 Å². The van der Waals surface area contributed by atoms with Crippen molar-refractivity contribution in [1.82, 2.24) is 24.5 Å². The van der Waals surface area contributed by atoms with Crippen molar-refractivity contribution in [3.63, 3.8) is 0 Å². The zero-order chi connectivity index (χ0) is 25.9. The minimum Gasteiger partial charge on any atom is -0.491 e. The molecule has 0 radical (unpaired) electrons. The second-order valence-corrected chi connectivity index (χ2v) is 10.4. The summed E-state index contributed by atoms with van der Waals surface area (Å²) in [6.45, 7) is 4.83. The number of nitrogens with zero attached hydrogens (tertiary/aromatic N) is 5. The number of piperidine rings is 1. The number of aromatic nitrogens is 4. The number of hydrogen-bond acceptors (Lipinski definition) is 6. The van der Waals surface area contributed by atoms with E-state index in [9.17, 15) is 13.2 Å². The molecule has 4 aromatic rings. The van der Waals surface area contributed by atoms with Gasteiger partial charge >= 0.3 is 6.18 Å². The van der Waals surface area contributed by atoms with Crippen molar-refractivity contribution in [2.45, 2.75) is 51.1 Å². The predicted molar refractivity (Wildman–Crippen MR) is 132 cm³/mol. The number of methoxy groups -OCH3 is 1. The van der Waals surface area contributed by atoms with Gasteiger partial charge in [0.25, 0.3) is 0 Å². The average molecular weight is 512 g/mol. The summed E-state index contributed by atoms with van der Waals surface area (Å²) in [5.41, 5.74) is 1.85. The fourth-order valence-corrected chi connectivity index (χ4v) is 5.42. The summed E-state index contributed by atoms with van der Waals surface area (Å²) in [4.78, 5) is 6.35. The van der Waals surface area contributed by atoms with Gasteiger partial charge in [-0.1, -0.05) is 19.1 Å². The second kappa shape index (κ2) is 8.66. The molecule has 4 heterocycles. The van der Waals surface area contributed by atoms with E-state index < -0.39 is 12.2 Å². The molecule has 2 aliphatic rings. The van der Waals surface area contributed by atoms with Crippen molar-refractivity contribution < 1.29 is 22.6 Å². The molecule has 2 fully saturated rings. The number of pyridine rings is 2. The minimum absolute atomic E-state index is 0.00844. The van der Waals surface area contributed by atoms with Crippen LogP contribution in [0.3, 0.4) is 0 Å². The maximum atomic E-state index is 14.4. The lowest BCUT2D eigenvalue weighted by molar-refractivity contribution is -0.186. The summed E-state index contributed by atoms with van der Waals surface area (Å²) in [6.07, 6.45) is -1.33. The zero-order valence-corrected chi connectivity index (χ0v) is 20.9. The van der Waals surface area contributed by atoms with Crippen molar-refractivity contribution in [1.29, 1.82) is 0 Å². The summed E-state index contributed by atoms with van der Waals surface area (Å²) in [7, 11) is 1.63. The number of alkyl halides is 3. The molecule has 6 rings (SSSR count). The molecule has 1 aromatic carbocycles. The molecule has 0 bridgehead atoms. The minimum atomic E-state index is -4.40. The third kappa shape index (κ3) is 4.31. The Kier molecular flexibility index (Phi) is 5.65.